The molecule has 0 unspecified atom stereocenters. The molecule has 0 fully saturated rings. The summed E-state index contributed by atoms with van der Waals surface area (Å²) in [4.78, 5) is 4.75. The van der Waals surface area contributed by atoms with E-state index < -0.39 is 0 Å². The van der Waals surface area contributed by atoms with Crippen LogP contribution in [-0.2, 0) is 13.5 Å². The minimum absolute atomic E-state index is 0.162. The molecule has 0 saturated carbocycles. The highest BCUT2D eigenvalue weighted by atomic mass is 16.5. The molecule has 1 aromatic heterocycles. The maximum atomic E-state index is 5.74. The lowest BCUT2D eigenvalue weighted by Crippen LogP contribution is -2.05. The minimum atomic E-state index is 0.162. The van der Waals surface area contributed by atoms with E-state index in [0.29, 0.717) is 0 Å². The van der Waals surface area contributed by atoms with Crippen molar-refractivity contribution in [3.63, 3.8) is 0 Å². The van der Waals surface area contributed by atoms with E-state index in [1.807, 2.05) is 57.3 Å². The van der Waals surface area contributed by atoms with E-state index in [-0.39, 0.29) is 6.10 Å². The van der Waals surface area contributed by atoms with Gasteiger partial charge in [-0.2, -0.15) is 0 Å². The van der Waals surface area contributed by atoms with Gasteiger partial charge in [-0.3, -0.25) is 0 Å². The van der Waals surface area contributed by atoms with Crippen molar-refractivity contribution in [3.8, 4) is 5.75 Å². The summed E-state index contributed by atoms with van der Waals surface area (Å²) >= 11 is 0. The first-order valence-corrected chi connectivity index (χ1v) is 7.49. The highest BCUT2D eigenvalue weighted by Gasteiger charge is 2.10. The lowest BCUT2D eigenvalue weighted by molar-refractivity contribution is 0.242. The van der Waals surface area contributed by atoms with Gasteiger partial charge in [0.25, 0.3) is 0 Å². The largest absolute Gasteiger partial charge is 0.491 e. The van der Waals surface area contributed by atoms with E-state index in [1.165, 1.54) is 5.56 Å². The van der Waals surface area contributed by atoms with Gasteiger partial charge in [-0.1, -0.05) is 12.1 Å². The van der Waals surface area contributed by atoms with Crippen LogP contribution in [0.15, 0.2) is 42.5 Å². The first-order chi connectivity index (χ1) is 10.5. The zero-order chi connectivity index (χ0) is 15.7. The summed E-state index contributed by atoms with van der Waals surface area (Å²) in [6.07, 6.45) is 0.946. The molecule has 0 aliphatic rings. The molecular formula is C18H21N3O. The molecule has 0 radical (unpaired) electrons. The second-order valence-corrected chi connectivity index (χ2v) is 5.82. The summed E-state index contributed by atoms with van der Waals surface area (Å²) < 4.78 is 7.87. The monoisotopic (exact) mass is 295 g/mol. The molecule has 0 spiro atoms. The number of rotatable bonds is 4. The Morgan fingerprint density at radius 1 is 1.14 bits per heavy atom. The molecule has 0 aliphatic carbocycles. The number of aromatic nitrogens is 2. The predicted molar refractivity (Wildman–Crippen MR) is 90.1 cm³/mol. The highest BCUT2D eigenvalue weighted by Crippen LogP contribution is 2.23. The van der Waals surface area contributed by atoms with Crippen LogP contribution < -0.4 is 10.5 Å². The molecule has 3 aromatic rings. The van der Waals surface area contributed by atoms with Crippen LogP contribution in [-0.4, -0.2) is 15.7 Å². The summed E-state index contributed by atoms with van der Waals surface area (Å²) in [5.74, 6) is 1.89. The molecule has 3 rings (SSSR count). The van der Waals surface area contributed by atoms with Crippen LogP contribution in [0.4, 0.5) is 5.69 Å². The zero-order valence-electron chi connectivity index (χ0n) is 13.2. The summed E-state index contributed by atoms with van der Waals surface area (Å²) in [7, 11) is 2.05. The van der Waals surface area contributed by atoms with Gasteiger partial charge >= 0.3 is 0 Å². The van der Waals surface area contributed by atoms with Gasteiger partial charge in [0, 0.05) is 25.2 Å². The molecule has 2 aromatic carbocycles. The van der Waals surface area contributed by atoms with Gasteiger partial charge in [-0.05, 0) is 43.7 Å². The summed E-state index contributed by atoms with van der Waals surface area (Å²) in [5.41, 5.74) is 9.79. The smallest absolute Gasteiger partial charge is 0.121 e. The van der Waals surface area contributed by atoms with E-state index in [9.17, 15) is 0 Å². The number of hydrogen-bond acceptors (Lipinski definition) is 3. The Morgan fingerprint density at radius 3 is 2.55 bits per heavy atom. The van der Waals surface area contributed by atoms with Gasteiger partial charge in [0.05, 0.1) is 17.1 Å². The molecule has 4 heteroatoms. The number of anilines is 1. The molecule has 114 valence electrons. The van der Waals surface area contributed by atoms with Gasteiger partial charge < -0.3 is 15.0 Å². The first-order valence-electron chi connectivity index (χ1n) is 7.49. The summed E-state index contributed by atoms with van der Waals surface area (Å²) in [6, 6.07) is 14.0. The highest BCUT2D eigenvalue weighted by molar-refractivity contribution is 5.77. The normalized spacial score (nSPS) is 11.3. The maximum absolute atomic E-state index is 5.74. The van der Waals surface area contributed by atoms with Crippen molar-refractivity contribution in [3.05, 3.63) is 53.9 Å². The Balaban J connectivity index is 1.93. The molecule has 22 heavy (non-hydrogen) atoms. The van der Waals surface area contributed by atoms with E-state index in [2.05, 4.69) is 10.6 Å². The van der Waals surface area contributed by atoms with Gasteiger partial charge in [0.15, 0.2) is 0 Å². The Kier molecular flexibility index (Phi) is 3.75. The third-order valence-electron chi connectivity index (χ3n) is 3.66. The lowest BCUT2D eigenvalue weighted by Gasteiger charge is -2.09. The van der Waals surface area contributed by atoms with Crippen LogP contribution in [0.1, 0.15) is 25.2 Å². The Bertz CT molecular complexity index is 788. The van der Waals surface area contributed by atoms with Gasteiger partial charge in [-0.25, -0.2) is 4.98 Å². The number of nitrogens with two attached hydrogens (primary N) is 1. The number of nitrogen functional groups attached to an aromatic ring is 1. The Morgan fingerprint density at radius 2 is 1.86 bits per heavy atom. The van der Waals surface area contributed by atoms with Crippen LogP contribution in [0, 0.1) is 0 Å². The van der Waals surface area contributed by atoms with E-state index in [0.717, 1.165) is 34.7 Å². The number of nitrogens with zero attached hydrogens (tertiary/aromatic N) is 2. The number of ether oxygens (including phenoxy) is 1. The van der Waals surface area contributed by atoms with Crippen LogP contribution in [0.5, 0.6) is 5.75 Å². The van der Waals surface area contributed by atoms with Crippen molar-refractivity contribution in [1.82, 2.24) is 9.55 Å². The fourth-order valence-electron chi connectivity index (χ4n) is 2.55. The number of imidazole rings is 1. The van der Waals surface area contributed by atoms with Crippen LogP contribution in [0.3, 0.4) is 0 Å². The zero-order valence-corrected chi connectivity index (χ0v) is 13.2. The fourth-order valence-corrected chi connectivity index (χ4v) is 2.55. The standard InChI is InChI=1S/C18H21N3O/c1-12(2)22-15-8-9-17-16(11-15)20-18(21(17)3)10-13-4-6-14(19)7-5-13/h4-9,11-12H,10,19H2,1-3H3. The van der Waals surface area contributed by atoms with Crippen LogP contribution >= 0.6 is 0 Å². The summed E-state index contributed by atoms with van der Waals surface area (Å²) in [6.45, 7) is 4.05. The number of aryl methyl sites for hydroxylation is 1. The van der Waals surface area contributed by atoms with Gasteiger partial charge in [0.2, 0.25) is 0 Å². The third kappa shape index (κ3) is 2.91. The van der Waals surface area contributed by atoms with Gasteiger partial charge in [0.1, 0.15) is 11.6 Å². The average molecular weight is 295 g/mol. The molecule has 1 heterocycles. The average Bonchev–Trinajstić information content (AvgIpc) is 2.77. The minimum Gasteiger partial charge on any atom is -0.491 e. The van der Waals surface area contributed by atoms with Crippen molar-refractivity contribution in [2.75, 3.05) is 5.73 Å². The van der Waals surface area contributed by atoms with E-state index >= 15 is 0 Å². The molecular weight excluding hydrogens is 274 g/mol. The SMILES string of the molecule is CC(C)Oc1ccc2c(c1)nc(Cc1ccc(N)cc1)n2C. The number of hydrogen-bond donors (Lipinski definition) is 1. The second kappa shape index (κ2) is 5.72. The molecule has 2 N–H and O–H groups in total. The predicted octanol–water partition coefficient (Wildman–Crippen LogP) is 3.53. The maximum Gasteiger partial charge on any atom is 0.121 e. The van der Waals surface area contributed by atoms with Crippen LogP contribution in [0.25, 0.3) is 11.0 Å². The number of fused-ring (bicyclic) bond motifs is 1. The fraction of sp³-hybridized carbons (Fsp3) is 0.278. The van der Waals surface area contributed by atoms with Crippen molar-refractivity contribution in [2.24, 2.45) is 7.05 Å². The van der Waals surface area contributed by atoms with Crippen molar-refractivity contribution >= 4 is 16.7 Å². The lowest BCUT2D eigenvalue weighted by atomic mass is 10.1. The second-order valence-electron chi connectivity index (χ2n) is 5.82. The quantitative estimate of drug-likeness (QED) is 0.749. The molecule has 0 amide bonds. The topological polar surface area (TPSA) is 53.1 Å². The Labute approximate surface area is 130 Å². The van der Waals surface area contributed by atoms with Crippen molar-refractivity contribution in [1.29, 1.82) is 0 Å². The Hall–Kier alpha value is -2.49. The van der Waals surface area contributed by atoms with Crippen molar-refractivity contribution in [2.45, 2.75) is 26.4 Å². The molecule has 0 bridgehead atoms. The summed E-state index contributed by atoms with van der Waals surface area (Å²) in [5, 5.41) is 0. The van der Waals surface area contributed by atoms with E-state index in [1.54, 1.807) is 0 Å². The molecule has 0 saturated heterocycles. The third-order valence-corrected chi connectivity index (χ3v) is 3.66. The molecule has 4 nitrogen and oxygen atoms in total. The van der Waals surface area contributed by atoms with Crippen molar-refractivity contribution < 1.29 is 4.74 Å². The molecule has 0 aliphatic heterocycles. The first kappa shape index (κ1) is 14.4. The van der Waals surface area contributed by atoms with E-state index in [4.69, 9.17) is 15.5 Å². The van der Waals surface area contributed by atoms with Gasteiger partial charge in [-0.15, -0.1) is 0 Å². The number of benzene rings is 2. The van der Waals surface area contributed by atoms with Crippen LogP contribution in [0.2, 0.25) is 0 Å². The molecule has 0 atom stereocenters.